The highest BCUT2D eigenvalue weighted by Crippen LogP contribution is 2.41. The summed E-state index contributed by atoms with van der Waals surface area (Å²) in [5.41, 5.74) is 2.63. The standard InChI is InChI=1S/C21H21N3O2/c1-21(2)12-11-16(13-7-3-5-9-15(13)21)22-20(26)18-19(25)14-8-4-6-10-17(14)23-24-18/h3-10,16H,11-12H2,1-2H3,(H,22,26)(H,23,25). The summed E-state index contributed by atoms with van der Waals surface area (Å²) in [4.78, 5) is 25.4. The predicted molar refractivity (Wildman–Crippen MR) is 101 cm³/mol. The number of hydrogen-bond donors (Lipinski definition) is 2. The molecule has 1 atom stereocenters. The normalized spacial score (nSPS) is 18.3. The Labute approximate surface area is 151 Å². The van der Waals surface area contributed by atoms with Gasteiger partial charge in [0.2, 0.25) is 5.43 Å². The first kappa shape index (κ1) is 16.5. The number of H-pyrrole nitrogens is 1. The fraction of sp³-hybridized carbons (Fsp3) is 0.286. The number of aromatic nitrogens is 2. The van der Waals surface area contributed by atoms with E-state index in [2.05, 4.69) is 41.5 Å². The molecule has 0 spiro atoms. The maximum atomic E-state index is 12.8. The minimum atomic E-state index is -0.434. The second kappa shape index (κ2) is 6.09. The van der Waals surface area contributed by atoms with E-state index in [1.807, 2.05) is 18.2 Å². The number of nitrogens with one attached hydrogen (secondary N) is 2. The van der Waals surface area contributed by atoms with E-state index in [0.29, 0.717) is 10.9 Å². The number of rotatable bonds is 2. The van der Waals surface area contributed by atoms with Gasteiger partial charge in [-0.05, 0) is 41.5 Å². The first-order chi connectivity index (χ1) is 12.5. The zero-order valence-electron chi connectivity index (χ0n) is 14.9. The summed E-state index contributed by atoms with van der Waals surface area (Å²) in [6, 6.07) is 15.1. The molecule has 3 aromatic rings. The Kier molecular flexibility index (Phi) is 3.87. The van der Waals surface area contributed by atoms with E-state index in [4.69, 9.17) is 0 Å². The maximum Gasteiger partial charge on any atom is 0.276 e. The molecule has 2 N–H and O–H groups in total. The van der Waals surface area contributed by atoms with Crippen LogP contribution in [-0.2, 0) is 5.41 Å². The molecule has 1 aliphatic carbocycles. The van der Waals surface area contributed by atoms with Crippen LogP contribution in [-0.4, -0.2) is 16.1 Å². The van der Waals surface area contributed by atoms with Gasteiger partial charge < -0.3 is 5.32 Å². The molecule has 0 aliphatic heterocycles. The fourth-order valence-corrected chi connectivity index (χ4v) is 3.82. The smallest absolute Gasteiger partial charge is 0.276 e. The lowest BCUT2D eigenvalue weighted by atomic mass is 9.71. The molecule has 4 rings (SSSR count). The number of hydrogen-bond acceptors (Lipinski definition) is 3. The Morgan fingerprint density at radius 1 is 1.15 bits per heavy atom. The average molecular weight is 347 g/mol. The number of para-hydroxylation sites is 1. The molecule has 26 heavy (non-hydrogen) atoms. The number of benzene rings is 2. The van der Waals surface area contributed by atoms with Crippen LogP contribution in [0.1, 0.15) is 54.3 Å². The Hall–Kier alpha value is -2.95. The Balaban J connectivity index is 1.67. The molecule has 1 aromatic heterocycles. The third-order valence-electron chi connectivity index (χ3n) is 5.32. The van der Waals surface area contributed by atoms with Gasteiger partial charge in [0.25, 0.3) is 5.91 Å². The first-order valence-corrected chi connectivity index (χ1v) is 8.85. The Bertz CT molecular complexity index is 1050. The first-order valence-electron chi connectivity index (χ1n) is 8.85. The van der Waals surface area contributed by atoms with Crippen molar-refractivity contribution in [2.75, 3.05) is 0 Å². The summed E-state index contributed by atoms with van der Waals surface area (Å²) in [7, 11) is 0. The van der Waals surface area contributed by atoms with Crippen molar-refractivity contribution in [1.82, 2.24) is 15.5 Å². The van der Waals surface area contributed by atoms with Crippen LogP contribution in [0.2, 0.25) is 0 Å². The summed E-state index contributed by atoms with van der Waals surface area (Å²) in [5.74, 6) is -0.434. The van der Waals surface area contributed by atoms with Crippen molar-refractivity contribution in [2.45, 2.75) is 38.1 Å². The van der Waals surface area contributed by atoms with Gasteiger partial charge in [0.15, 0.2) is 5.69 Å². The highest BCUT2D eigenvalue weighted by Gasteiger charge is 2.33. The van der Waals surface area contributed by atoms with Crippen LogP contribution < -0.4 is 10.7 Å². The molecule has 1 aliphatic rings. The second-order valence-electron chi connectivity index (χ2n) is 7.48. The lowest BCUT2D eigenvalue weighted by Gasteiger charge is -2.37. The molecular weight excluding hydrogens is 326 g/mol. The highest BCUT2D eigenvalue weighted by molar-refractivity contribution is 5.95. The minimum Gasteiger partial charge on any atom is -0.344 e. The van der Waals surface area contributed by atoms with Crippen LogP contribution in [0.15, 0.2) is 53.3 Å². The van der Waals surface area contributed by atoms with Crippen LogP contribution in [0.25, 0.3) is 10.9 Å². The third-order valence-corrected chi connectivity index (χ3v) is 5.32. The number of fused-ring (bicyclic) bond motifs is 2. The average Bonchev–Trinajstić information content (AvgIpc) is 2.65. The van der Waals surface area contributed by atoms with Crippen LogP contribution in [0.4, 0.5) is 0 Å². The number of nitrogens with zero attached hydrogens (tertiary/aromatic N) is 1. The molecule has 0 radical (unpaired) electrons. The van der Waals surface area contributed by atoms with E-state index < -0.39 is 5.91 Å². The van der Waals surface area contributed by atoms with Crippen LogP contribution in [0.5, 0.6) is 0 Å². The van der Waals surface area contributed by atoms with Crippen molar-refractivity contribution in [3.63, 3.8) is 0 Å². The largest absolute Gasteiger partial charge is 0.344 e. The van der Waals surface area contributed by atoms with Crippen molar-refractivity contribution >= 4 is 16.8 Å². The second-order valence-corrected chi connectivity index (χ2v) is 7.48. The lowest BCUT2D eigenvalue weighted by Crippen LogP contribution is -2.38. The van der Waals surface area contributed by atoms with Gasteiger partial charge in [-0.1, -0.05) is 50.2 Å². The molecule has 0 fully saturated rings. The molecule has 1 heterocycles. The molecule has 132 valence electrons. The molecule has 1 unspecified atom stereocenters. The summed E-state index contributed by atoms with van der Waals surface area (Å²) < 4.78 is 0. The van der Waals surface area contributed by atoms with Crippen molar-refractivity contribution in [1.29, 1.82) is 0 Å². The van der Waals surface area contributed by atoms with Gasteiger partial charge in [0.05, 0.1) is 11.6 Å². The third kappa shape index (κ3) is 2.69. The van der Waals surface area contributed by atoms with Crippen molar-refractivity contribution in [3.8, 4) is 0 Å². The van der Waals surface area contributed by atoms with E-state index in [0.717, 1.165) is 18.4 Å². The summed E-state index contributed by atoms with van der Waals surface area (Å²) in [5, 5.41) is 10.3. The van der Waals surface area contributed by atoms with Gasteiger partial charge in [-0.3, -0.25) is 14.7 Å². The number of carbonyl (C=O) groups excluding carboxylic acids is 1. The van der Waals surface area contributed by atoms with E-state index in [9.17, 15) is 9.59 Å². The summed E-state index contributed by atoms with van der Waals surface area (Å²) >= 11 is 0. The minimum absolute atomic E-state index is 0.0799. The Morgan fingerprint density at radius 2 is 1.88 bits per heavy atom. The molecular formula is C21H21N3O2. The molecule has 0 saturated carbocycles. The van der Waals surface area contributed by atoms with Gasteiger partial charge in [-0.25, -0.2) is 0 Å². The maximum absolute atomic E-state index is 12.8. The lowest BCUT2D eigenvalue weighted by molar-refractivity contribution is 0.0922. The van der Waals surface area contributed by atoms with E-state index >= 15 is 0 Å². The molecule has 5 nitrogen and oxygen atoms in total. The quantitative estimate of drug-likeness (QED) is 0.745. The molecule has 2 aromatic carbocycles. The number of carbonyl (C=O) groups is 1. The van der Waals surface area contributed by atoms with Crippen molar-refractivity contribution in [3.05, 3.63) is 75.6 Å². The van der Waals surface area contributed by atoms with Crippen LogP contribution in [0, 0.1) is 0 Å². The van der Waals surface area contributed by atoms with Crippen LogP contribution >= 0.6 is 0 Å². The molecule has 0 bridgehead atoms. The summed E-state index contributed by atoms with van der Waals surface area (Å²) in [6.45, 7) is 4.44. The molecule has 0 saturated heterocycles. The van der Waals surface area contributed by atoms with Crippen molar-refractivity contribution < 1.29 is 4.79 Å². The number of amides is 1. The molecule has 1 amide bonds. The van der Waals surface area contributed by atoms with E-state index in [1.165, 1.54) is 5.56 Å². The van der Waals surface area contributed by atoms with Gasteiger partial charge >= 0.3 is 0 Å². The van der Waals surface area contributed by atoms with E-state index in [-0.39, 0.29) is 22.6 Å². The fourth-order valence-electron chi connectivity index (χ4n) is 3.82. The summed E-state index contributed by atoms with van der Waals surface area (Å²) in [6.07, 6.45) is 1.80. The van der Waals surface area contributed by atoms with Crippen LogP contribution in [0.3, 0.4) is 0 Å². The Morgan fingerprint density at radius 3 is 2.73 bits per heavy atom. The number of aromatic amines is 1. The van der Waals surface area contributed by atoms with E-state index in [1.54, 1.807) is 18.2 Å². The zero-order chi connectivity index (χ0) is 18.3. The van der Waals surface area contributed by atoms with Gasteiger partial charge in [0, 0.05) is 5.39 Å². The topological polar surface area (TPSA) is 74.8 Å². The zero-order valence-corrected chi connectivity index (χ0v) is 14.9. The monoisotopic (exact) mass is 347 g/mol. The predicted octanol–water partition coefficient (Wildman–Crippen LogP) is 3.47. The van der Waals surface area contributed by atoms with Gasteiger partial charge in [-0.15, -0.1) is 0 Å². The highest BCUT2D eigenvalue weighted by atomic mass is 16.2. The van der Waals surface area contributed by atoms with Gasteiger partial charge in [-0.2, -0.15) is 5.10 Å². The molecule has 5 heteroatoms. The van der Waals surface area contributed by atoms with Gasteiger partial charge in [0.1, 0.15) is 0 Å². The van der Waals surface area contributed by atoms with Crippen molar-refractivity contribution in [2.24, 2.45) is 0 Å². The SMILES string of the molecule is CC1(C)CCC(NC(=O)c2n[nH]c3ccccc3c2=O)c2ccccc21.